The second kappa shape index (κ2) is 9.72. The quantitative estimate of drug-likeness (QED) is 0.421. The third kappa shape index (κ3) is 4.89. The first-order valence-corrected chi connectivity index (χ1v) is 11.4. The molecule has 2 N–H and O–H groups in total. The Hall–Kier alpha value is -4.24. The van der Waals surface area contributed by atoms with Crippen molar-refractivity contribution in [2.24, 2.45) is 0 Å². The predicted octanol–water partition coefficient (Wildman–Crippen LogP) is 4.05. The number of rotatable bonds is 7. The molecule has 3 heterocycles. The van der Waals surface area contributed by atoms with E-state index in [-0.39, 0.29) is 25.0 Å². The van der Waals surface area contributed by atoms with Crippen molar-refractivity contribution in [1.29, 1.82) is 0 Å². The number of pyridine rings is 1. The summed E-state index contributed by atoms with van der Waals surface area (Å²) in [5.74, 6) is 0.809. The molecule has 0 aliphatic carbocycles. The van der Waals surface area contributed by atoms with Gasteiger partial charge in [-0.3, -0.25) is 14.6 Å². The van der Waals surface area contributed by atoms with Crippen LogP contribution in [0.1, 0.15) is 21.6 Å². The topological polar surface area (TPSA) is 102 Å². The minimum Gasteiger partial charge on any atom is -0.454 e. The van der Waals surface area contributed by atoms with Gasteiger partial charge in [0.2, 0.25) is 12.7 Å². The molecule has 9 heteroatoms. The number of fused-ring (bicyclic) bond motifs is 1. The van der Waals surface area contributed by atoms with Crippen molar-refractivity contribution in [1.82, 2.24) is 15.3 Å². The van der Waals surface area contributed by atoms with E-state index in [4.69, 9.17) is 9.47 Å². The minimum atomic E-state index is -0.291. The lowest BCUT2D eigenvalue weighted by Gasteiger charge is -2.11. The summed E-state index contributed by atoms with van der Waals surface area (Å²) in [4.78, 5) is 34.1. The van der Waals surface area contributed by atoms with E-state index < -0.39 is 0 Å². The molecular formula is C25H20N4O4S. The molecule has 0 radical (unpaired) electrons. The summed E-state index contributed by atoms with van der Waals surface area (Å²) in [6, 6.07) is 16.2. The average molecular weight is 473 g/mol. The Morgan fingerprint density at radius 3 is 2.79 bits per heavy atom. The molecule has 5 rings (SSSR count). The lowest BCUT2D eigenvalue weighted by atomic mass is 10.1. The Kier molecular flexibility index (Phi) is 6.17. The molecule has 8 nitrogen and oxygen atoms in total. The SMILES string of the molecule is O=C(Cc1csc(-c2cccnc2)n1)Nc1ccccc1C(=O)NCc1ccc2c(c1)OCO2. The molecule has 2 aromatic heterocycles. The summed E-state index contributed by atoms with van der Waals surface area (Å²) >= 11 is 1.46. The molecule has 2 aromatic carbocycles. The number of amides is 2. The highest BCUT2D eigenvalue weighted by Crippen LogP contribution is 2.32. The van der Waals surface area contributed by atoms with Crippen LogP contribution in [0.2, 0.25) is 0 Å². The number of thiazole rings is 1. The molecule has 0 spiro atoms. The average Bonchev–Trinajstić information content (AvgIpc) is 3.52. The lowest BCUT2D eigenvalue weighted by molar-refractivity contribution is -0.115. The van der Waals surface area contributed by atoms with Crippen LogP contribution >= 0.6 is 11.3 Å². The molecule has 0 unspecified atom stereocenters. The van der Waals surface area contributed by atoms with Crippen molar-refractivity contribution in [2.75, 3.05) is 12.1 Å². The zero-order chi connectivity index (χ0) is 23.3. The Labute approximate surface area is 199 Å². The smallest absolute Gasteiger partial charge is 0.253 e. The molecule has 0 saturated heterocycles. The second-order valence-electron chi connectivity index (χ2n) is 7.53. The third-order valence-corrected chi connectivity index (χ3v) is 6.08. The van der Waals surface area contributed by atoms with E-state index in [1.807, 2.05) is 35.7 Å². The molecule has 34 heavy (non-hydrogen) atoms. The first-order valence-electron chi connectivity index (χ1n) is 10.6. The van der Waals surface area contributed by atoms with E-state index in [0.717, 1.165) is 16.1 Å². The molecule has 0 saturated carbocycles. The molecule has 1 aliphatic heterocycles. The van der Waals surface area contributed by atoms with Crippen LogP contribution in [0.5, 0.6) is 11.5 Å². The monoisotopic (exact) mass is 472 g/mol. The van der Waals surface area contributed by atoms with E-state index in [9.17, 15) is 9.59 Å². The normalized spacial score (nSPS) is 11.8. The summed E-state index contributed by atoms with van der Waals surface area (Å²) in [5, 5.41) is 8.38. The molecule has 2 amide bonds. The van der Waals surface area contributed by atoms with E-state index in [2.05, 4.69) is 20.6 Å². The lowest BCUT2D eigenvalue weighted by Crippen LogP contribution is -2.25. The van der Waals surface area contributed by atoms with E-state index in [0.29, 0.717) is 35.0 Å². The summed E-state index contributed by atoms with van der Waals surface area (Å²) in [7, 11) is 0. The molecule has 0 bridgehead atoms. The number of carbonyl (C=O) groups excluding carboxylic acids is 2. The van der Waals surface area contributed by atoms with Gasteiger partial charge in [0.15, 0.2) is 11.5 Å². The highest BCUT2D eigenvalue weighted by Gasteiger charge is 2.16. The summed E-state index contributed by atoms with van der Waals surface area (Å²) in [6.07, 6.45) is 3.54. The fourth-order valence-electron chi connectivity index (χ4n) is 3.49. The number of hydrogen-bond acceptors (Lipinski definition) is 7. The van der Waals surface area contributed by atoms with Crippen LogP contribution < -0.4 is 20.1 Å². The Morgan fingerprint density at radius 1 is 1.03 bits per heavy atom. The Balaban J connectivity index is 1.22. The number of para-hydroxylation sites is 1. The van der Waals surface area contributed by atoms with Gasteiger partial charge in [-0.1, -0.05) is 18.2 Å². The number of ether oxygens (including phenoxy) is 2. The molecular weight excluding hydrogens is 452 g/mol. The number of anilines is 1. The predicted molar refractivity (Wildman–Crippen MR) is 128 cm³/mol. The van der Waals surface area contributed by atoms with Gasteiger partial charge >= 0.3 is 0 Å². The fraction of sp³-hybridized carbons (Fsp3) is 0.120. The van der Waals surface area contributed by atoms with Crippen molar-refractivity contribution in [2.45, 2.75) is 13.0 Å². The van der Waals surface area contributed by atoms with E-state index >= 15 is 0 Å². The first kappa shape index (κ1) is 21.6. The number of nitrogens with one attached hydrogen (secondary N) is 2. The standard InChI is InChI=1S/C25H20N4O4S/c30-23(11-18-14-34-25(28-18)17-4-3-9-26-13-17)29-20-6-2-1-5-19(20)24(31)27-12-16-7-8-21-22(10-16)33-15-32-21/h1-10,13-14H,11-12,15H2,(H,27,31)(H,29,30). The van der Waals surface area contributed by atoms with Crippen molar-refractivity contribution < 1.29 is 19.1 Å². The van der Waals surface area contributed by atoms with Gasteiger partial charge in [0.25, 0.3) is 5.91 Å². The van der Waals surface area contributed by atoms with Crippen molar-refractivity contribution in [3.05, 3.63) is 89.2 Å². The summed E-state index contributed by atoms with van der Waals surface area (Å²) < 4.78 is 10.7. The number of nitrogens with zero attached hydrogens (tertiary/aromatic N) is 2. The van der Waals surface area contributed by atoms with Crippen molar-refractivity contribution >= 4 is 28.8 Å². The van der Waals surface area contributed by atoms with Crippen LogP contribution in [0, 0.1) is 0 Å². The number of carbonyl (C=O) groups is 2. The van der Waals surface area contributed by atoms with Crippen molar-refractivity contribution in [3.63, 3.8) is 0 Å². The van der Waals surface area contributed by atoms with Crippen LogP contribution in [-0.4, -0.2) is 28.6 Å². The van der Waals surface area contributed by atoms with E-state index in [1.54, 1.807) is 36.7 Å². The molecule has 0 fully saturated rings. The van der Waals surface area contributed by atoms with Gasteiger partial charge in [0, 0.05) is 29.9 Å². The van der Waals surface area contributed by atoms with Crippen LogP contribution in [0.25, 0.3) is 10.6 Å². The number of aromatic nitrogens is 2. The maximum Gasteiger partial charge on any atom is 0.253 e. The molecule has 170 valence electrons. The van der Waals surface area contributed by atoms with Gasteiger partial charge in [-0.05, 0) is 42.0 Å². The third-order valence-electron chi connectivity index (χ3n) is 5.14. The van der Waals surface area contributed by atoms with Crippen LogP contribution in [0.3, 0.4) is 0 Å². The summed E-state index contributed by atoms with van der Waals surface area (Å²) in [5.41, 5.74) is 3.27. The largest absolute Gasteiger partial charge is 0.454 e. The van der Waals surface area contributed by atoms with Crippen LogP contribution in [0.15, 0.2) is 72.4 Å². The van der Waals surface area contributed by atoms with Gasteiger partial charge in [-0.2, -0.15) is 0 Å². The van der Waals surface area contributed by atoms with Crippen molar-refractivity contribution in [3.8, 4) is 22.1 Å². The zero-order valence-corrected chi connectivity index (χ0v) is 18.8. The fourth-order valence-corrected chi connectivity index (χ4v) is 4.30. The summed E-state index contributed by atoms with van der Waals surface area (Å²) in [6.45, 7) is 0.512. The van der Waals surface area contributed by atoms with Gasteiger partial charge in [-0.25, -0.2) is 4.98 Å². The zero-order valence-electron chi connectivity index (χ0n) is 18.0. The Bertz CT molecular complexity index is 1340. The van der Waals surface area contributed by atoms with Crippen LogP contribution in [0.4, 0.5) is 5.69 Å². The maximum atomic E-state index is 12.8. The minimum absolute atomic E-state index is 0.101. The highest BCUT2D eigenvalue weighted by molar-refractivity contribution is 7.13. The van der Waals surface area contributed by atoms with Crippen LogP contribution in [-0.2, 0) is 17.8 Å². The van der Waals surface area contributed by atoms with E-state index in [1.165, 1.54) is 11.3 Å². The molecule has 4 aromatic rings. The Morgan fingerprint density at radius 2 is 1.91 bits per heavy atom. The number of benzene rings is 2. The highest BCUT2D eigenvalue weighted by atomic mass is 32.1. The first-order chi connectivity index (χ1) is 16.7. The van der Waals surface area contributed by atoms with Gasteiger partial charge in [0.05, 0.1) is 23.4 Å². The molecule has 0 atom stereocenters. The molecule has 1 aliphatic rings. The maximum absolute atomic E-state index is 12.8. The van der Waals surface area contributed by atoms with Gasteiger partial charge in [-0.15, -0.1) is 11.3 Å². The second-order valence-corrected chi connectivity index (χ2v) is 8.38. The van der Waals surface area contributed by atoms with Gasteiger partial charge < -0.3 is 20.1 Å². The number of hydrogen-bond donors (Lipinski definition) is 2. The van der Waals surface area contributed by atoms with Gasteiger partial charge in [0.1, 0.15) is 5.01 Å².